The highest BCUT2D eigenvalue weighted by Gasteiger charge is 2.21. The zero-order valence-electron chi connectivity index (χ0n) is 15.5. The summed E-state index contributed by atoms with van der Waals surface area (Å²) in [4.78, 5) is 30.1. The smallest absolute Gasteiger partial charge is 0.337 e. The van der Waals surface area contributed by atoms with Gasteiger partial charge in [-0.2, -0.15) is 15.0 Å². The number of carbonyl (C=O) groups excluding carboxylic acids is 1. The Balaban J connectivity index is 1.45. The minimum absolute atomic E-state index is 0.319. The summed E-state index contributed by atoms with van der Waals surface area (Å²) >= 11 is 5.94. The minimum atomic E-state index is -0.437. The summed E-state index contributed by atoms with van der Waals surface area (Å²) in [5, 5.41) is 3.25. The van der Waals surface area contributed by atoms with Crippen molar-refractivity contribution in [2.24, 2.45) is 0 Å². The standard InChI is InChI=1S/C18H23ClN8O/c19-13-6-5-7-14(12-13)20-18(28)25-24-15-21-16(26-8-1-2-9-26)23-17(22-15)27-10-3-4-11-27/h5-7,12H,1-4,8-11H2,(H2,20,25,28)(H,21,22,23,24). The van der Waals surface area contributed by atoms with Crippen molar-refractivity contribution in [2.45, 2.75) is 25.7 Å². The Labute approximate surface area is 168 Å². The minimum Gasteiger partial charge on any atom is -0.341 e. The molecule has 10 heteroatoms. The first-order valence-corrected chi connectivity index (χ1v) is 9.90. The Morgan fingerprint density at radius 3 is 2.11 bits per heavy atom. The molecule has 2 aliphatic heterocycles. The van der Waals surface area contributed by atoms with Crippen LogP contribution >= 0.6 is 11.6 Å². The molecule has 2 saturated heterocycles. The molecule has 0 bridgehead atoms. The van der Waals surface area contributed by atoms with Gasteiger partial charge >= 0.3 is 6.03 Å². The third-order valence-electron chi connectivity index (χ3n) is 4.76. The molecule has 0 saturated carbocycles. The molecule has 0 radical (unpaired) electrons. The molecule has 4 rings (SSSR count). The normalized spacial score (nSPS) is 16.3. The van der Waals surface area contributed by atoms with E-state index in [1.54, 1.807) is 24.3 Å². The predicted octanol–water partition coefficient (Wildman–Crippen LogP) is 2.87. The summed E-state index contributed by atoms with van der Waals surface area (Å²) < 4.78 is 0. The number of hydrazine groups is 1. The first-order chi connectivity index (χ1) is 13.7. The predicted molar refractivity (Wildman–Crippen MR) is 110 cm³/mol. The molecule has 0 unspecified atom stereocenters. The second kappa shape index (κ2) is 8.47. The summed E-state index contributed by atoms with van der Waals surface area (Å²) in [6, 6.07) is 6.50. The monoisotopic (exact) mass is 402 g/mol. The molecule has 2 amide bonds. The third kappa shape index (κ3) is 4.53. The number of hydrogen-bond donors (Lipinski definition) is 3. The highest BCUT2D eigenvalue weighted by Crippen LogP contribution is 2.22. The molecular formula is C18H23ClN8O. The number of urea groups is 1. The number of nitrogens with one attached hydrogen (secondary N) is 3. The lowest BCUT2D eigenvalue weighted by Gasteiger charge is -2.20. The second-order valence-electron chi connectivity index (χ2n) is 6.86. The molecule has 0 aliphatic carbocycles. The lowest BCUT2D eigenvalue weighted by molar-refractivity contribution is 0.253. The number of hydrogen-bond acceptors (Lipinski definition) is 7. The maximum atomic E-state index is 12.2. The van der Waals surface area contributed by atoms with E-state index in [4.69, 9.17) is 11.6 Å². The molecule has 1 aromatic carbocycles. The van der Waals surface area contributed by atoms with Gasteiger partial charge in [-0.25, -0.2) is 10.2 Å². The average Bonchev–Trinajstić information content (AvgIpc) is 3.40. The van der Waals surface area contributed by atoms with Crippen molar-refractivity contribution in [3.63, 3.8) is 0 Å². The first-order valence-electron chi connectivity index (χ1n) is 9.52. The van der Waals surface area contributed by atoms with Crippen LogP contribution in [0.5, 0.6) is 0 Å². The summed E-state index contributed by atoms with van der Waals surface area (Å²) in [6.45, 7) is 3.74. The van der Waals surface area contributed by atoms with Crippen LogP contribution in [0.1, 0.15) is 25.7 Å². The van der Waals surface area contributed by atoms with E-state index in [0.29, 0.717) is 28.6 Å². The SMILES string of the molecule is O=C(NNc1nc(N2CCCC2)nc(N2CCCC2)n1)Nc1cccc(Cl)c1. The number of amides is 2. The molecule has 2 fully saturated rings. The van der Waals surface area contributed by atoms with Crippen molar-refractivity contribution >= 4 is 41.2 Å². The maximum absolute atomic E-state index is 12.2. The van der Waals surface area contributed by atoms with Crippen molar-refractivity contribution in [3.8, 4) is 0 Å². The molecule has 28 heavy (non-hydrogen) atoms. The molecule has 148 valence electrons. The second-order valence-corrected chi connectivity index (χ2v) is 7.30. The zero-order chi connectivity index (χ0) is 19.3. The van der Waals surface area contributed by atoms with Crippen molar-refractivity contribution < 1.29 is 4.79 Å². The number of carbonyl (C=O) groups is 1. The number of rotatable bonds is 5. The van der Waals surface area contributed by atoms with Crippen LogP contribution in [-0.2, 0) is 0 Å². The van der Waals surface area contributed by atoms with Crippen molar-refractivity contribution in [1.82, 2.24) is 20.4 Å². The van der Waals surface area contributed by atoms with Gasteiger partial charge in [0.2, 0.25) is 17.8 Å². The molecule has 3 N–H and O–H groups in total. The van der Waals surface area contributed by atoms with Crippen LogP contribution in [0.3, 0.4) is 0 Å². The Morgan fingerprint density at radius 1 is 0.929 bits per heavy atom. The van der Waals surface area contributed by atoms with E-state index in [0.717, 1.165) is 51.9 Å². The van der Waals surface area contributed by atoms with Gasteiger partial charge in [-0.05, 0) is 43.9 Å². The highest BCUT2D eigenvalue weighted by atomic mass is 35.5. The lowest BCUT2D eigenvalue weighted by Crippen LogP contribution is -2.35. The van der Waals surface area contributed by atoms with Gasteiger partial charge in [0.25, 0.3) is 0 Å². The molecule has 0 atom stereocenters. The first kappa shape index (κ1) is 18.5. The summed E-state index contributed by atoms with van der Waals surface area (Å²) in [5.41, 5.74) is 5.96. The maximum Gasteiger partial charge on any atom is 0.337 e. The van der Waals surface area contributed by atoms with Crippen LogP contribution < -0.4 is 26.0 Å². The van der Waals surface area contributed by atoms with Gasteiger partial charge in [-0.3, -0.25) is 5.43 Å². The number of nitrogens with zero attached hydrogens (tertiary/aromatic N) is 5. The Hall–Kier alpha value is -2.81. The van der Waals surface area contributed by atoms with Gasteiger partial charge in [0.15, 0.2) is 0 Å². The number of halogens is 1. The summed E-state index contributed by atoms with van der Waals surface area (Å²) in [6.07, 6.45) is 4.53. The summed E-state index contributed by atoms with van der Waals surface area (Å²) in [7, 11) is 0. The van der Waals surface area contributed by atoms with E-state index < -0.39 is 6.03 Å². The average molecular weight is 403 g/mol. The van der Waals surface area contributed by atoms with E-state index >= 15 is 0 Å². The highest BCUT2D eigenvalue weighted by molar-refractivity contribution is 6.30. The van der Waals surface area contributed by atoms with Crippen LogP contribution in [0.4, 0.5) is 28.3 Å². The Kier molecular flexibility index (Phi) is 5.61. The topological polar surface area (TPSA) is 98.3 Å². The number of aromatic nitrogens is 3. The molecule has 9 nitrogen and oxygen atoms in total. The van der Waals surface area contributed by atoms with Gasteiger partial charge in [0.1, 0.15) is 0 Å². The van der Waals surface area contributed by atoms with Crippen LogP contribution in [0.2, 0.25) is 5.02 Å². The van der Waals surface area contributed by atoms with Crippen LogP contribution in [0, 0.1) is 0 Å². The van der Waals surface area contributed by atoms with Crippen LogP contribution in [0.15, 0.2) is 24.3 Å². The number of anilines is 4. The van der Waals surface area contributed by atoms with E-state index in [1.807, 2.05) is 0 Å². The van der Waals surface area contributed by atoms with E-state index in [9.17, 15) is 4.79 Å². The molecule has 1 aromatic heterocycles. The Bertz CT molecular complexity index is 802. The molecule has 2 aliphatic rings. The molecule has 2 aromatic rings. The van der Waals surface area contributed by atoms with Crippen molar-refractivity contribution in [3.05, 3.63) is 29.3 Å². The quantitative estimate of drug-likeness (QED) is 0.661. The fourth-order valence-corrected chi connectivity index (χ4v) is 3.56. The van der Waals surface area contributed by atoms with E-state index in [-0.39, 0.29) is 0 Å². The van der Waals surface area contributed by atoms with Crippen molar-refractivity contribution in [2.75, 3.05) is 46.7 Å². The summed E-state index contributed by atoms with van der Waals surface area (Å²) in [5.74, 6) is 1.61. The van der Waals surface area contributed by atoms with Crippen LogP contribution in [0.25, 0.3) is 0 Å². The van der Waals surface area contributed by atoms with Gasteiger partial charge < -0.3 is 15.1 Å². The zero-order valence-corrected chi connectivity index (χ0v) is 16.2. The van der Waals surface area contributed by atoms with Gasteiger partial charge in [0.05, 0.1) is 0 Å². The van der Waals surface area contributed by atoms with Crippen molar-refractivity contribution in [1.29, 1.82) is 0 Å². The number of benzene rings is 1. The third-order valence-corrected chi connectivity index (χ3v) is 5.00. The molecule has 3 heterocycles. The van der Waals surface area contributed by atoms with Gasteiger partial charge in [-0.15, -0.1) is 0 Å². The van der Waals surface area contributed by atoms with Crippen LogP contribution in [-0.4, -0.2) is 47.2 Å². The van der Waals surface area contributed by atoms with Gasteiger partial charge in [-0.1, -0.05) is 17.7 Å². The lowest BCUT2D eigenvalue weighted by atomic mass is 10.3. The fraction of sp³-hybridized carbons (Fsp3) is 0.444. The van der Waals surface area contributed by atoms with E-state index in [1.165, 1.54) is 0 Å². The largest absolute Gasteiger partial charge is 0.341 e. The molecule has 0 spiro atoms. The van der Waals surface area contributed by atoms with E-state index in [2.05, 4.69) is 40.9 Å². The van der Waals surface area contributed by atoms with Gasteiger partial charge in [0, 0.05) is 36.9 Å². The molecular weight excluding hydrogens is 380 g/mol. The fourth-order valence-electron chi connectivity index (χ4n) is 3.37. The Morgan fingerprint density at radius 2 is 1.54 bits per heavy atom.